The monoisotopic (exact) mass is 268 g/mol. The van der Waals surface area contributed by atoms with Crippen LogP contribution in [0.3, 0.4) is 0 Å². The molecular formula is C17H20N2O. The normalized spacial score (nSPS) is 12.2. The molecule has 0 aliphatic rings. The molecule has 0 aliphatic carbocycles. The zero-order valence-corrected chi connectivity index (χ0v) is 12.1. The summed E-state index contributed by atoms with van der Waals surface area (Å²) in [6.07, 6.45) is 1.73. The van der Waals surface area contributed by atoms with E-state index in [4.69, 9.17) is 0 Å². The molecular weight excluding hydrogens is 248 g/mol. The first-order valence-corrected chi connectivity index (χ1v) is 6.89. The van der Waals surface area contributed by atoms with E-state index in [1.165, 1.54) is 5.56 Å². The number of nitrogens with zero attached hydrogens (tertiary/aromatic N) is 1. The molecule has 2 aromatic rings. The van der Waals surface area contributed by atoms with Crippen LogP contribution in [0.5, 0.6) is 0 Å². The average molecular weight is 268 g/mol. The lowest BCUT2D eigenvalue weighted by atomic mass is 10.0. The molecule has 0 saturated heterocycles. The highest BCUT2D eigenvalue weighted by Crippen LogP contribution is 2.15. The second-order valence-corrected chi connectivity index (χ2v) is 5.23. The molecule has 0 spiro atoms. The van der Waals surface area contributed by atoms with Gasteiger partial charge in [-0.1, -0.05) is 32.0 Å². The van der Waals surface area contributed by atoms with E-state index in [-0.39, 0.29) is 11.9 Å². The topological polar surface area (TPSA) is 42.0 Å². The lowest BCUT2D eigenvalue weighted by Crippen LogP contribution is -2.27. The molecule has 3 nitrogen and oxygen atoms in total. The van der Waals surface area contributed by atoms with Gasteiger partial charge in [-0.3, -0.25) is 9.78 Å². The van der Waals surface area contributed by atoms with E-state index in [1.54, 1.807) is 6.20 Å². The Labute approximate surface area is 120 Å². The minimum Gasteiger partial charge on any atom is -0.344 e. The second kappa shape index (κ2) is 6.33. The summed E-state index contributed by atoms with van der Waals surface area (Å²) in [5.74, 6) is 0.401. The number of carbonyl (C=O) groups excluding carboxylic acids is 1. The van der Waals surface area contributed by atoms with Gasteiger partial charge in [-0.25, -0.2) is 0 Å². The summed E-state index contributed by atoms with van der Waals surface area (Å²) in [5.41, 5.74) is 2.77. The summed E-state index contributed by atoms with van der Waals surface area (Å²) in [6.45, 7) is 6.21. The maximum absolute atomic E-state index is 12.2. The lowest BCUT2D eigenvalue weighted by Gasteiger charge is -2.13. The van der Waals surface area contributed by atoms with Crippen LogP contribution in [0.2, 0.25) is 0 Å². The van der Waals surface area contributed by atoms with E-state index >= 15 is 0 Å². The van der Waals surface area contributed by atoms with Gasteiger partial charge in [-0.15, -0.1) is 0 Å². The van der Waals surface area contributed by atoms with Gasteiger partial charge in [-0.05, 0) is 42.7 Å². The van der Waals surface area contributed by atoms with Crippen LogP contribution in [0, 0.1) is 0 Å². The van der Waals surface area contributed by atoms with Gasteiger partial charge in [0.2, 0.25) is 0 Å². The smallest absolute Gasteiger partial charge is 0.251 e. The van der Waals surface area contributed by atoms with Crippen molar-refractivity contribution in [3.8, 4) is 0 Å². The van der Waals surface area contributed by atoms with Crippen molar-refractivity contribution in [3.63, 3.8) is 0 Å². The third-order valence-corrected chi connectivity index (χ3v) is 3.32. The number of nitrogens with one attached hydrogen (secondary N) is 1. The van der Waals surface area contributed by atoms with Gasteiger partial charge in [0.05, 0.1) is 11.7 Å². The van der Waals surface area contributed by atoms with Crippen LogP contribution >= 0.6 is 0 Å². The fourth-order valence-electron chi connectivity index (χ4n) is 2.01. The highest BCUT2D eigenvalue weighted by Gasteiger charge is 2.12. The second-order valence-electron chi connectivity index (χ2n) is 5.23. The minimum atomic E-state index is -0.103. The molecule has 20 heavy (non-hydrogen) atoms. The highest BCUT2D eigenvalue weighted by atomic mass is 16.1. The number of aromatic nitrogens is 1. The van der Waals surface area contributed by atoms with Gasteiger partial charge in [0.1, 0.15) is 0 Å². The Bertz CT molecular complexity index is 561. The Balaban J connectivity index is 2.05. The summed E-state index contributed by atoms with van der Waals surface area (Å²) in [7, 11) is 0. The number of hydrogen-bond donors (Lipinski definition) is 1. The van der Waals surface area contributed by atoms with Crippen molar-refractivity contribution in [3.05, 3.63) is 65.5 Å². The van der Waals surface area contributed by atoms with Crippen LogP contribution in [0.4, 0.5) is 0 Å². The molecule has 1 aromatic carbocycles. The van der Waals surface area contributed by atoms with Crippen molar-refractivity contribution in [2.75, 3.05) is 0 Å². The van der Waals surface area contributed by atoms with Crippen molar-refractivity contribution < 1.29 is 4.79 Å². The predicted molar refractivity (Wildman–Crippen MR) is 80.6 cm³/mol. The van der Waals surface area contributed by atoms with E-state index in [2.05, 4.69) is 24.1 Å². The van der Waals surface area contributed by atoms with Crippen molar-refractivity contribution in [2.45, 2.75) is 32.7 Å². The molecule has 1 N–H and O–H groups in total. The van der Waals surface area contributed by atoms with Crippen molar-refractivity contribution in [2.24, 2.45) is 0 Å². The van der Waals surface area contributed by atoms with Gasteiger partial charge < -0.3 is 5.32 Å². The Hall–Kier alpha value is -2.16. The van der Waals surface area contributed by atoms with Crippen LogP contribution in [-0.2, 0) is 0 Å². The van der Waals surface area contributed by atoms with Crippen molar-refractivity contribution in [1.29, 1.82) is 0 Å². The lowest BCUT2D eigenvalue weighted by molar-refractivity contribution is 0.0939. The van der Waals surface area contributed by atoms with Crippen LogP contribution in [0.25, 0.3) is 0 Å². The summed E-state index contributed by atoms with van der Waals surface area (Å²) >= 11 is 0. The van der Waals surface area contributed by atoms with E-state index < -0.39 is 0 Å². The van der Waals surface area contributed by atoms with Gasteiger partial charge in [0, 0.05) is 11.8 Å². The zero-order chi connectivity index (χ0) is 14.5. The maximum atomic E-state index is 12.2. The Morgan fingerprint density at radius 1 is 1.05 bits per heavy atom. The molecule has 0 radical (unpaired) electrons. The molecule has 1 amide bonds. The molecule has 1 aromatic heterocycles. The molecule has 2 rings (SSSR count). The number of pyridine rings is 1. The molecule has 0 fully saturated rings. The number of carbonyl (C=O) groups is 1. The molecule has 3 heteroatoms. The Morgan fingerprint density at radius 3 is 2.30 bits per heavy atom. The van der Waals surface area contributed by atoms with E-state index in [0.717, 1.165) is 5.69 Å². The maximum Gasteiger partial charge on any atom is 0.251 e. The van der Waals surface area contributed by atoms with Crippen LogP contribution in [0.1, 0.15) is 54.3 Å². The minimum absolute atomic E-state index is 0.0709. The highest BCUT2D eigenvalue weighted by molar-refractivity contribution is 5.94. The molecule has 0 aliphatic heterocycles. The zero-order valence-electron chi connectivity index (χ0n) is 12.1. The van der Waals surface area contributed by atoms with Gasteiger partial charge in [0.25, 0.3) is 5.91 Å². The fourth-order valence-corrected chi connectivity index (χ4v) is 2.01. The third-order valence-electron chi connectivity index (χ3n) is 3.32. The summed E-state index contributed by atoms with van der Waals surface area (Å²) < 4.78 is 0. The summed E-state index contributed by atoms with van der Waals surface area (Å²) in [5, 5.41) is 2.96. The van der Waals surface area contributed by atoms with Gasteiger partial charge in [0.15, 0.2) is 0 Å². The number of benzene rings is 1. The van der Waals surface area contributed by atoms with Gasteiger partial charge >= 0.3 is 0 Å². The molecule has 1 heterocycles. The number of amides is 1. The first-order valence-electron chi connectivity index (χ1n) is 6.89. The molecule has 0 saturated carbocycles. The number of rotatable bonds is 4. The van der Waals surface area contributed by atoms with Crippen molar-refractivity contribution in [1.82, 2.24) is 10.3 Å². The van der Waals surface area contributed by atoms with E-state index in [1.807, 2.05) is 49.4 Å². The van der Waals surface area contributed by atoms with Crippen LogP contribution in [0.15, 0.2) is 48.7 Å². The summed E-state index contributed by atoms with van der Waals surface area (Å²) in [4.78, 5) is 16.4. The Morgan fingerprint density at radius 2 is 1.75 bits per heavy atom. The average Bonchev–Trinajstić information content (AvgIpc) is 2.48. The van der Waals surface area contributed by atoms with E-state index in [0.29, 0.717) is 11.5 Å². The third kappa shape index (κ3) is 3.44. The quantitative estimate of drug-likeness (QED) is 0.918. The first-order chi connectivity index (χ1) is 9.58. The largest absolute Gasteiger partial charge is 0.344 e. The Kier molecular flexibility index (Phi) is 4.51. The van der Waals surface area contributed by atoms with Gasteiger partial charge in [-0.2, -0.15) is 0 Å². The predicted octanol–water partition coefficient (Wildman–Crippen LogP) is 3.70. The fraction of sp³-hybridized carbons (Fsp3) is 0.294. The molecule has 0 bridgehead atoms. The molecule has 1 atom stereocenters. The van der Waals surface area contributed by atoms with Crippen LogP contribution in [-0.4, -0.2) is 10.9 Å². The summed E-state index contributed by atoms with van der Waals surface area (Å²) in [6, 6.07) is 13.3. The first kappa shape index (κ1) is 14.3. The molecule has 1 unspecified atom stereocenters. The number of hydrogen-bond acceptors (Lipinski definition) is 2. The van der Waals surface area contributed by atoms with Crippen molar-refractivity contribution >= 4 is 5.91 Å². The SMILES string of the molecule is CC(C)c1ccc(C(=O)NC(C)c2ccccn2)cc1. The molecule has 104 valence electrons. The standard InChI is InChI=1S/C17H20N2O/c1-12(2)14-7-9-15(10-8-14)17(20)19-13(3)16-6-4-5-11-18-16/h4-13H,1-3H3,(H,19,20). The van der Waals surface area contributed by atoms with Crippen LogP contribution < -0.4 is 5.32 Å². The van der Waals surface area contributed by atoms with E-state index in [9.17, 15) is 4.79 Å².